The maximum atomic E-state index is 9.87. The molecular formula is C13H20F6O2P2Ru. The molecule has 0 aromatic rings. The van der Waals surface area contributed by atoms with Crippen LogP contribution in [0.5, 0.6) is 0 Å². The Balaban J connectivity index is -0.0000000671. The van der Waals surface area contributed by atoms with E-state index in [0.717, 1.165) is 19.9 Å². The van der Waals surface area contributed by atoms with Gasteiger partial charge in [0.15, 0.2) is 0 Å². The van der Waals surface area contributed by atoms with Crippen molar-refractivity contribution in [2.45, 2.75) is 39.0 Å². The Morgan fingerprint density at radius 2 is 0.917 bits per heavy atom. The second-order valence-electron chi connectivity index (χ2n) is 4.40. The van der Waals surface area contributed by atoms with Crippen LogP contribution in [-0.4, -0.2) is 11.3 Å². The number of hydrogen-bond acceptors (Lipinski definition) is 0. The molecule has 2 radical (unpaired) electrons. The van der Waals surface area contributed by atoms with E-state index >= 15 is 0 Å². The second kappa shape index (κ2) is 15.3. The fourth-order valence-electron chi connectivity index (χ4n) is 0.987. The first-order valence-corrected chi connectivity index (χ1v) is 9.16. The van der Waals surface area contributed by atoms with Gasteiger partial charge in [-0.05, 0) is 11.3 Å². The number of halogens is 6. The minimum Gasteiger partial charge on any atom is -0.0767 e. The summed E-state index contributed by atoms with van der Waals surface area (Å²) in [5, 5.41) is 0. The van der Waals surface area contributed by atoms with Crippen LogP contribution in [0.1, 0.15) is 27.7 Å². The molecule has 11 heteroatoms. The molecule has 0 aliphatic heterocycles. The van der Waals surface area contributed by atoms with Crippen molar-refractivity contribution in [2.75, 3.05) is 0 Å². The zero-order valence-corrected chi connectivity index (χ0v) is 17.1. The van der Waals surface area contributed by atoms with Gasteiger partial charge in [0, 0.05) is 6.42 Å². The quantitative estimate of drug-likeness (QED) is 0.132. The van der Waals surface area contributed by atoms with Crippen LogP contribution in [0.4, 0.5) is 25.2 Å². The second-order valence-corrected chi connectivity index (χ2v) is 8.96. The molecule has 0 amide bonds. The zero-order chi connectivity index (χ0) is 19.8. The van der Waals surface area contributed by atoms with Gasteiger partial charge in [-0.15, -0.1) is 8.58 Å². The first-order chi connectivity index (χ1) is 10.1. The maximum absolute atomic E-state index is 10.7. The van der Waals surface area contributed by atoms with E-state index in [-0.39, 0.29) is 19.5 Å². The summed E-state index contributed by atoms with van der Waals surface area (Å²) in [6, 6.07) is 0. The van der Waals surface area contributed by atoms with Crippen molar-refractivity contribution in [3.05, 3.63) is 44.0 Å². The molecule has 0 saturated heterocycles. The first-order valence-electron chi connectivity index (χ1n) is 5.98. The van der Waals surface area contributed by atoms with Gasteiger partial charge in [-0.25, -0.2) is 0 Å². The van der Waals surface area contributed by atoms with Crippen LogP contribution in [0, 0.1) is 19.7 Å². The summed E-state index contributed by atoms with van der Waals surface area (Å²) >= 11 is 0. The molecule has 0 saturated carbocycles. The largest absolute Gasteiger partial charge is 1.00 e. The smallest absolute Gasteiger partial charge is 0.0767 e. The molecule has 1 rings (SSSR count). The van der Waals surface area contributed by atoms with Crippen LogP contribution in [0.15, 0.2) is 24.3 Å². The summed E-state index contributed by atoms with van der Waals surface area (Å²) < 4.78 is 74.2. The van der Waals surface area contributed by atoms with E-state index in [1.54, 1.807) is 0 Å². The summed E-state index contributed by atoms with van der Waals surface area (Å²) in [7, 11) is -9.51. The van der Waals surface area contributed by atoms with Crippen molar-refractivity contribution in [1.82, 2.24) is 0 Å². The van der Waals surface area contributed by atoms with Gasteiger partial charge in [0.25, 0.3) is 0 Å². The van der Waals surface area contributed by atoms with Gasteiger partial charge in [0.1, 0.15) is 0 Å². The molecular weight excluding hydrogens is 465 g/mol. The molecule has 0 aromatic carbocycles. The molecule has 0 unspecified atom stereocenters. The van der Waals surface area contributed by atoms with E-state index in [2.05, 4.69) is 41.0 Å². The Kier molecular flexibility index (Phi) is 22.4. The van der Waals surface area contributed by atoms with Crippen molar-refractivity contribution < 1.29 is 54.0 Å². The molecule has 0 bridgehead atoms. The molecule has 0 spiro atoms. The van der Waals surface area contributed by atoms with Crippen molar-refractivity contribution in [2.24, 2.45) is 0 Å². The maximum Gasteiger partial charge on any atom is 1.00 e. The minimum absolute atomic E-state index is 0. The third-order valence-corrected chi connectivity index (χ3v) is 2.56. The van der Waals surface area contributed by atoms with Crippen molar-refractivity contribution in [3.8, 4) is 0 Å². The van der Waals surface area contributed by atoms with Gasteiger partial charge in [0.05, 0.1) is 0 Å². The molecule has 1 aliphatic carbocycles. The molecule has 0 N–H and O–H groups in total. The molecule has 144 valence electrons. The molecule has 0 fully saturated rings. The standard InChI is InChI=1S/C6H15P.C5H5.2CO.F6P.Ru/c1-5(2)7-6(3)4;1-2-4-5-3-1;2*1-2;1-7(2,3,4,5)6;/h5-7H,1-4H3;1-5H;;;;/q;;;;-1;+1. The van der Waals surface area contributed by atoms with Crippen LogP contribution >= 0.6 is 16.4 Å². The van der Waals surface area contributed by atoms with Gasteiger partial charge in [-0.2, -0.15) is 0 Å². The van der Waals surface area contributed by atoms with Crippen LogP contribution in [0.25, 0.3) is 0 Å². The topological polar surface area (TPSA) is 39.8 Å². The van der Waals surface area contributed by atoms with Crippen LogP contribution in [0.2, 0.25) is 0 Å². The summed E-state index contributed by atoms with van der Waals surface area (Å²) in [5.74, 6) is 0. The Hall–Kier alpha value is 0.0234. The number of allylic oxidation sites excluding steroid dienone is 4. The van der Waals surface area contributed by atoms with Gasteiger partial charge in [0.2, 0.25) is 0 Å². The van der Waals surface area contributed by atoms with E-state index in [0.29, 0.717) is 0 Å². The van der Waals surface area contributed by atoms with Crippen molar-refractivity contribution in [1.29, 1.82) is 0 Å². The molecule has 0 atom stereocenters. The van der Waals surface area contributed by atoms with Gasteiger partial charge < -0.3 is 0 Å². The number of rotatable bonds is 2. The predicted molar refractivity (Wildman–Crippen MR) is 82.6 cm³/mol. The average molecular weight is 485 g/mol. The van der Waals surface area contributed by atoms with Crippen molar-refractivity contribution in [3.63, 3.8) is 0 Å². The molecule has 24 heavy (non-hydrogen) atoms. The Bertz CT molecular complexity index is 353. The van der Waals surface area contributed by atoms with E-state index in [9.17, 15) is 25.2 Å². The van der Waals surface area contributed by atoms with E-state index in [4.69, 9.17) is 9.30 Å². The molecule has 1 aliphatic rings. The van der Waals surface area contributed by atoms with Gasteiger partial charge in [-0.3, -0.25) is 0 Å². The normalized spacial score (nSPS) is 13.8. The van der Waals surface area contributed by atoms with Gasteiger partial charge in [-0.1, -0.05) is 52.0 Å². The van der Waals surface area contributed by atoms with Crippen molar-refractivity contribution >= 4 is 16.4 Å². The summed E-state index contributed by atoms with van der Waals surface area (Å²) in [6.07, 6.45) is 10.0. The third-order valence-electron chi connectivity index (χ3n) is 1.22. The Labute approximate surface area is 153 Å². The third kappa shape index (κ3) is 120. The molecule has 2 nitrogen and oxygen atoms in total. The van der Waals surface area contributed by atoms with Gasteiger partial charge >= 0.3 is 75.1 Å². The zero-order valence-electron chi connectivity index (χ0n) is 13.4. The van der Waals surface area contributed by atoms with Crippen LogP contribution in [-0.2, 0) is 28.8 Å². The average Bonchev–Trinajstić information content (AvgIpc) is 2.86. The van der Waals surface area contributed by atoms with E-state index in [1.807, 2.05) is 30.7 Å². The number of hydrogen-bond donors (Lipinski definition) is 0. The van der Waals surface area contributed by atoms with E-state index < -0.39 is 7.81 Å². The summed E-state index contributed by atoms with van der Waals surface area (Å²) in [5.41, 5.74) is 1.81. The Morgan fingerprint density at radius 3 is 0.958 bits per heavy atom. The monoisotopic (exact) mass is 486 g/mol. The minimum atomic E-state index is -10.7. The summed E-state index contributed by atoms with van der Waals surface area (Å²) in [6.45, 7) is 18.1. The first kappa shape index (κ1) is 35.2. The van der Waals surface area contributed by atoms with Crippen LogP contribution < -0.4 is 0 Å². The molecule has 0 aromatic heterocycles. The van der Waals surface area contributed by atoms with Crippen LogP contribution in [0.3, 0.4) is 0 Å². The summed E-state index contributed by atoms with van der Waals surface area (Å²) in [4.78, 5) is 0. The predicted octanol–water partition coefficient (Wildman–Crippen LogP) is 7.10. The fraction of sp³-hybridized carbons (Fsp3) is 0.462. The molecule has 0 heterocycles. The SMILES string of the molecule is CC(C)PC(C)C.F[P-](F)(F)(F)(F)F.[C-]#[O+].[C-]#[O+].[CH]1C=CC=C1.[Ru+]. The Morgan fingerprint density at radius 1 is 0.708 bits per heavy atom. The fourth-order valence-corrected chi connectivity index (χ4v) is 2.32. The van der Waals surface area contributed by atoms with E-state index in [1.165, 1.54) is 0 Å².